The fraction of sp³-hybridized carbons (Fsp3) is 0.136. The van der Waals surface area contributed by atoms with Crippen molar-refractivity contribution in [3.63, 3.8) is 0 Å². The van der Waals surface area contributed by atoms with Crippen LogP contribution in [0.2, 0.25) is 0 Å². The number of nitrogens with one attached hydrogen (secondary N) is 1. The van der Waals surface area contributed by atoms with Gasteiger partial charge in [-0.05, 0) is 55.7 Å². The van der Waals surface area contributed by atoms with Gasteiger partial charge in [0.2, 0.25) is 0 Å². The Hall–Kier alpha value is -3.61. The molecule has 144 valence electrons. The van der Waals surface area contributed by atoms with Crippen LogP contribution in [0.1, 0.15) is 28.2 Å². The van der Waals surface area contributed by atoms with Crippen LogP contribution in [0.4, 0.5) is 14.5 Å². The van der Waals surface area contributed by atoms with Crippen LogP contribution in [0.25, 0.3) is 16.6 Å². The smallest absolute Gasteiger partial charge is 0.276 e. The van der Waals surface area contributed by atoms with E-state index in [0.29, 0.717) is 17.1 Å². The van der Waals surface area contributed by atoms with Gasteiger partial charge >= 0.3 is 0 Å². The second kappa shape index (κ2) is 6.77. The molecule has 0 saturated carbocycles. The first kappa shape index (κ1) is 17.5. The van der Waals surface area contributed by atoms with E-state index in [2.05, 4.69) is 15.4 Å². The van der Waals surface area contributed by atoms with Crippen LogP contribution >= 0.6 is 0 Å². The van der Waals surface area contributed by atoms with Gasteiger partial charge in [0.15, 0.2) is 17.3 Å². The predicted molar refractivity (Wildman–Crippen MR) is 105 cm³/mol. The highest BCUT2D eigenvalue weighted by molar-refractivity contribution is 6.08. The molecule has 29 heavy (non-hydrogen) atoms. The van der Waals surface area contributed by atoms with Crippen LogP contribution in [0, 0.1) is 11.6 Å². The van der Waals surface area contributed by atoms with E-state index in [1.54, 1.807) is 10.9 Å². The Balaban J connectivity index is 1.54. The van der Waals surface area contributed by atoms with Gasteiger partial charge in [-0.1, -0.05) is 6.07 Å². The summed E-state index contributed by atoms with van der Waals surface area (Å²) in [5.41, 5.74) is 3.85. The van der Waals surface area contributed by atoms with E-state index in [1.807, 2.05) is 30.3 Å². The Bertz CT molecular complexity index is 1260. The maximum absolute atomic E-state index is 13.7. The Kier molecular flexibility index (Phi) is 4.08. The number of rotatable bonds is 3. The molecule has 1 aliphatic rings. The van der Waals surface area contributed by atoms with Crippen molar-refractivity contribution in [1.29, 1.82) is 0 Å². The van der Waals surface area contributed by atoms with Crippen molar-refractivity contribution in [3.8, 4) is 5.69 Å². The summed E-state index contributed by atoms with van der Waals surface area (Å²) in [7, 11) is 0. The molecule has 1 N–H and O–H groups in total. The maximum Gasteiger partial charge on any atom is 0.276 e. The van der Waals surface area contributed by atoms with Crippen LogP contribution in [0.15, 0.2) is 54.7 Å². The fourth-order valence-corrected chi connectivity index (χ4v) is 3.84. The van der Waals surface area contributed by atoms with Crippen molar-refractivity contribution < 1.29 is 13.6 Å². The van der Waals surface area contributed by atoms with Gasteiger partial charge < -0.3 is 5.32 Å². The Morgan fingerprint density at radius 1 is 1.03 bits per heavy atom. The number of halogens is 2. The Morgan fingerprint density at radius 2 is 1.93 bits per heavy atom. The van der Waals surface area contributed by atoms with Gasteiger partial charge in [-0.25, -0.2) is 13.5 Å². The highest BCUT2D eigenvalue weighted by Crippen LogP contribution is 2.29. The third-order valence-corrected chi connectivity index (χ3v) is 5.19. The van der Waals surface area contributed by atoms with Crippen LogP contribution < -0.4 is 5.32 Å². The van der Waals surface area contributed by atoms with E-state index in [-0.39, 0.29) is 5.91 Å². The number of benzene rings is 2. The van der Waals surface area contributed by atoms with Crippen molar-refractivity contribution in [3.05, 3.63) is 83.3 Å². The van der Waals surface area contributed by atoms with E-state index < -0.39 is 11.6 Å². The van der Waals surface area contributed by atoms with Crippen LogP contribution in [-0.4, -0.2) is 20.7 Å². The molecule has 1 amide bonds. The fourth-order valence-electron chi connectivity index (χ4n) is 3.84. The monoisotopic (exact) mass is 390 g/mol. The van der Waals surface area contributed by atoms with Gasteiger partial charge in [-0.3, -0.25) is 9.78 Å². The van der Waals surface area contributed by atoms with Crippen molar-refractivity contribution in [2.45, 2.75) is 19.3 Å². The third kappa shape index (κ3) is 2.95. The number of hydrogen-bond acceptors (Lipinski definition) is 3. The highest BCUT2D eigenvalue weighted by Gasteiger charge is 2.27. The minimum absolute atomic E-state index is 0.308. The molecule has 0 atom stereocenters. The summed E-state index contributed by atoms with van der Waals surface area (Å²) >= 11 is 0. The molecule has 7 heteroatoms. The molecule has 4 aromatic rings. The van der Waals surface area contributed by atoms with Gasteiger partial charge in [-0.2, -0.15) is 5.10 Å². The second-order valence-corrected chi connectivity index (χ2v) is 6.97. The molecule has 0 aliphatic heterocycles. The average molecular weight is 390 g/mol. The molecule has 0 saturated heterocycles. The molecule has 0 bridgehead atoms. The first-order valence-electron chi connectivity index (χ1n) is 9.33. The zero-order valence-electron chi connectivity index (χ0n) is 15.3. The zero-order valence-corrected chi connectivity index (χ0v) is 15.3. The van der Waals surface area contributed by atoms with Gasteiger partial charge in [0.05, 0.1) is 16.9 Å². The van der Waals surface area contributed by atoms with Gasteiger partial charge in [0.1, 0.15) is 0 Å². The Labute approximate surface area is 165 Å². The third-order valence-electron chi connectivity index (χ3n) is 5.19. The molecule has 2 heterocycles. The zero-order chi connectivity index (χ0) is 20.0. The lowest BCUT2D eigenvalue weighted by atomic mass is 10.1. The van der Waals surface area contributed by atoms with Crippen LogP contribution in [0.5, 0.6) is 0 Å². The van der Waals surface area contributed by atoms with Gasteiger partial charge in [0, 0.05) is 28.9 Å². The lowest BCUT2D eigenvalue weighted by Gasteiger charge is -2.08. The summed E-state index contributed by atoms with van der Waals surface area (Å²) in [5, 5.41) is 8.21. The van der Waals surface area contributed by atoms with Crippen molar-refractivity contribution in [2.75, 3.05) is 5.32 Å². The number of aromatic nitrogens is 3. The van der Waals surface area contributed by atoms with E-state index in [4.69, 9.17) is 0 Å². The minimum Gasteiger partial charge on any atom is -0.320 e. The predicted octanol–water partition coefficient (Wildman–Crippen LogP) is 4.44. The molecule has 2 aromatic heterocycles. The molecule has 2 aromatic carbocycles. The number of carbonyl (C=O) groups is 1. The van der Waals surface area contributed by atoms with Gasteiger partial charge in [0.25, 0.3) is 5.91 Å². The first-order valence-corrected chi connectivity index (χ1v) is 9.33. The molecule has 0 spiro atoms. The largest absolute Gasteiger partial charge is 0.320 e. The Morgan fingerprint density at radius 3 is 2.79 bits per heavy atom. The summed E-state index contributed by atoms with van der Waals surface area (Å²) < 4.78 is 28.6. The van der Waals surface area contributed by atoms with E-state index >= 15 is 0 Å². The molecular formula is C22H16F2N4O. The number of hydrogen-bond donors (Lipinski definition) is 1. The molecule has 5 rings (SSSR count). The van der Waals surface area contributed by atoms with Gasteiger partial charge in [-0.15, -0.1) is 0 Å². The van der Waals surface area contributed by atoms with Crippen molar-refractivity contribution in [1.82, 2.24) is 14.8 Å². The maximum atomic E-state index is 13.7. The molecule has 0 radical (unpaired) electrons. The SMILES string of the molecule is O=C(Nc1cccc2ncccc12)c1nn(-c2ccc(F)c(F)c2)c2c1CCC2. The first-order chi connectivity index (χ1) is 14.1. The number of amides is 1. The summed E-state index contributed by atoms with van der Waals surface area (Å²) in [6.45, 7) is 0. The normalized spacial score (nSPS) is 12.9. The summed E-state index contributed by atoms with van der Waals surface area (Å²) in [4.78, 5) is 17.3. The van der Waals surface area contributed by atoms with Crippen LogP contribution in [-0.2, 0) is 12.8 Å². The number of carbonyl (C=O) groups excluding carboxylic acids is 1. The highest BCUT2D eigenvalue weighted by atomic mass is 19.2. The lowest BCUT2D eigenvalue weighted by Crippen LogP contribution is -2.15. The standard InChI is InChI=1S/C22H16F2N4O/c23-16-10-9-13(12-17(16)24)28-20-8-1-4-15(20)21(27-28)22(29)26-19-7-2-6-18-14(19)5-3-11-25-18/h2-3,5-7,9-12H,1,4,8H2,(H,26,29). The molecule has 5 nitrogen and oxygen atoms in total. The second-order valence-electron chi connectivity index (χ2n) is 6.97. The molecule has 0 unspecified atom stereocenters. The topological polar surface area (TPSA) is 59.8 Å². The number of fused-ring (bicyclic) bond motifs is 2. The average Bonchev–Trinajstić information content (AvgIpc) is 3.33. The quantitative estimate of drug-likeness (QED) is 0.563. The number of pyridine rings is 1. The minimum atomic E-state index is -0.945. The van der Waals surface area contributed by atoms with E-state index in [9.17, 15) is 13.6 Å². The van der Waals surface area contributed by atoms with E-state index in [1.165, 1.54) is 6.07 Å². The molecule has 1 aliphatic carbocycles. The summed E-state index contributed by atoms with van der Waals surface area (Å²) in [6.07, 6.45) is 4.03. The molecular weight excluding hydrogens is 374 g/mol. The van der Waals surface area contributed by atoms with Crippen LogP contribution in [0.3, 0.4) is 0 Å². The lowest BCUT2D eigenvalue weighted by molar-refractivity contribution is 0.102. The number of anilines is 1. The van der Waals surface area contributed by atoms with Crippen molar-refractivity contribution in [2.24, 2.45) is 0 Å². The molecule has 0 fully saturated rings. The van der Waals surface area contributed by atoms with Crippen molar-refractivity contribution >= 4 is 22.5 Å². The summed E-state index contributed by atoms with van der Waals surface area (Å²) in [5.74, 6) is -2.19. The summed E-state index contributed by atoms with van der Waals surface area (Å²) in [6, 6.07) is 12.8. The number of nitrogens with zero attached hydrogens (tertiary/aromatic N) is 3. The van der Waals surface area contributed by atoms with E-state index in [0.717, 1.165) is 53.6 Å².